The third kappa shape index (κ3) is 9.27. The first kappa shape index (κ1) is 28.1. The van der Waals surface area contributed by atoms with E-state index in [4.69, 9.17) is 36.3 Å². The molecule has 1 aliphatic heterocycles. The van der Waals surface area contributed by atoms with Crippen molar-refractivity contribution in [3.63, 3.8) is 0 Å². The lowest BCUT2D eigenvalue weighted by molar-refractivity contribution is -0.295. The Morgan fingerprint density at radius 1 is 1.03 bits per heavy atom. The van der Waals surface area contributed by atoms with Gasteiger partial charge in [0.05, 0.1) is 43.9 Å². The molecule has 12 nitrogen and oxygen atoms in total. The van der Waals surface area contributed by atoms with Gasteiger partial charge in [-0.05, 0) is 48.7 Å². The number of aliphatic hydroxyl groups excluding tert-OH is 3. The van der Waals surface area contributed by atoms with Gasteiger partial charge in [-0.2, -0.15) is 4.99 Å². The summed E-state index contributed by atoms with van der Waals surface area (Å²) in [5.74, 6) is -1.47. The summed E-state index contributed by atoms with van der Waals surface area (Å²) < 4.78 is 21.0. The van der Waals surface area contributed by atoms with Crippen LogP contribution in [0.5, 0.6) is 0 Å². The predicted octanol–water partition coefficient (Wildman–Crippen LogP) is -0.351. The number of hydrogen-bond donors (Lipinski definition) is 6. The quantitative estimate of drug-likeness (QED) is 0.114. The average molecular weight is 518 g/mol. The van der Waals surface area contributed by atoms with E-state index in [2.05, 4.69) is 33.0 Å². The highest BCUT2D eigenvalue weighted by molar-refractivity contribution is 7.80. The van der Waals surface area contributed by atoms with Gasteiger partial charge in [-0.15, -0.1) is 0 Å². The minimum absolute atomic E-state index is 0.0305. The highest BCUT2D eigenvalue weighted by Crippen LogP contribution is 2.22. The van der Waals surface area contributed by atoms with Crippen molar-refractivity contribution in [3.8, 4) is 0 Å². The first-order valence-corrected chi connectivity index (χ1v) is 11.1. The lowest BCUT2D eigenvalue weighted by atomic mass is 9.99. The highest BCUT2D eigenvalue weighted by atomic mass is 32.1. The van der Waals surface area contributed by atoms with Crippen LogP contribution < -0.4 is 10.6 Å². The van der Waals surface area contributed by atoms with Gasteiger partial charge in [0.1, 0.15) is 18.3 Å². The summed E-state index contributed by atoms with van der Waals surface area (Å²) in [4.78, 5) is 14.9. The number of benzene rings is 1. The van der Waals surface area contributed by atoms with E-state index in [1.165, 1.54) is 0 Å². The maximum atomic E-state index is 11.0. The Bertz CT molecular complexity index is 839. The van der Waals surface area contributed by atoms with Gasteiger partial charge in [-0.1, -0.05) is 0 Å². The molecule has 0 amide bonds. The largest absolute Gasteiger partial charge is 0.479 e. The number of isothiocyanates is 1. The SMILES string of the molecule is O=C(O)C1OC(OCCOCCOCCNC(=S)Nc2ccc(N=C=S)cc2)C(O)C(O)C1O. The molecule has 2 rings (SSSR count). The Morgan fingerprint density at radius 2 is 1.68 bits per heavy atom. The van der Waals surface area contributed by atoms with Gasteiger partial charge < -0.3 is 50.0 Å². The third-order valence-corrected chi connectivity index (χ3v) is 4.86. The van der Waals surface area contributed by atoms with Crippen LogP contribution in [0.1, 0.15) is 0 Å². The van der Waals surface area contributed by atoms with Gasteiger partial charge >= 0.3 is 5.97 Å². The molecule has 5 atom stereocenters. The summed E-state index contributed by atoms with van der Waals surface area (Å²) in [6.07, 6.45) is -8.17. The molecule has 1 fully saturated rings. The fourth-order valence-electron chi connectivity index (χ4n) is 2.82. The molecule has 0 aliphatic carbocycles. The normalized spacial score (nSPS) is 24.1. The second-order valence-electron chi connectivity index (χ2n) is 6.96. The van der Waals surface area contributed by atoms with E-state index >= 15 is 0 Å². The second kappa shape index (κ2) is 15.0. The van der Waals surface area contributed by atoms with Crippen molar-refractivity contribution in [3.05, 3.63) is 24.3 Å². The molecule has 0 aromatic heterocycles. The summed E-state index contributed by atoms with van der Waals surface area (Å²) in [6, 6.07) is 7.19. The molecular weight excluding hydrogens is 490 g/mol. The number of anilines is 1. The number of aliphatic hydroxyl groups is 3. The van der Waals surface area contributed by atoms with Crippen LogP contribution in [0, 0.1) is 0 Å². The standard InChI is InChI=1S/C20H27N3O9S2/c24-14-15(25)17(18(27)28)32-19(16(14)26)31-10-9-30-8-7-29-6-5-21-20(34)23-13-3-1-12(2-4-13)22-11-33/h1-4,14-17,19,24-26H,5-10H2,(H,27,28)(H2,21,23,34). The molecule has 6 N–H and O–H groups in total. The maximum absolute atomic E-state index is 11.0. The molecule has 5 unspecified atom stereocenters. The van der Waals surface area contributed by atoms with E-state index in [1.54, 1.807) is 12.1 Å². The molecule has 0 radical (unpaired) electrons. The van der Waals surface area contributed by atoms with Gasteiger partial charge in [-0.3, -0.25) is 0 Å². The van der Waals surface area contributed by atoms with Crippen LogP contribution in [-0.2, 0) is 23.7 Å². The molecule has 14 heteroatoms. The molecule has 188 valence electrons. The van der Waals surface area contributed by atoms with E-state index in [1.807, 2.05) is 12.1 Å². The average Bonchev–Trinajstić information content (AvgIpc) is 2.81. The lowest BCUT2D eigenvalue weighted by Crippen LogP contribution is -2.60. The van der Waals surface area contributed by atoms with E-state index in [9.17, 15) is 20.1 Å². The van der Waals surface area contributed by atoms with E-state index in [0.29, 0.717) is 30.6 Å². The van der Waals surface area contributed by atoms with Crippen LogP contribution in [0.3, 0.4) is 0 Å². The first-order chi connectivity index (χ1) is 16.3. The number of nitrogens with one attached hydrogen (secondary N) is 2. The maximum Gasteiger partial charge on any atom is 0.335 e. The van der Waals surface area contributed by atoms with Gasteiger partial charge in [0.2, 0.25) is 0 Å². The Kier molecular flexibility index (Phi) is 12.4. The van der Waals surface area contributed by atoms with Crippen molar-refractivity contribution in [1.82, 2.24) is 5.32 Å². The second-order valence-corrected chi connectivity index (χ2v) is 7.55. The minimum atomic E-state index is -1.76. The molecular formula is C20H27N3O9S2. The summed E-state index contributed by atoms with van der Waals surface area (Å²) in [7, 11) is 0. The Labute approximate surface area is 206 Å². The molecule has 0 spiro atoms. The van der Waals surface area contributed by atoms with Crippen LogP contribution in [0.15, 0.2) is 29.3 Å². The number of aliphatic imine (C=N–C) groups is 1. The molecule has 1 saturated heterocycles. The number of aliphatic carboxylic acids is 1. The van der Waals surface area contributed by atoms with Crippen LogP contribution in [0.25, 0.3) is 0 Å². The molecule has 1 heterocycles. The summed E-state index contributed by atoms with van der Waals surface area (Å²) in [5.41, 5.74) is 1.50. The fourth-order valence-corrected chi connectivity index (χ4v) is 3.14. The van der Waals surface area contributed by atoms with Crippen molar-refractivity contribution in [2.45, 2.75) is 30.7 Å². The zero-order valence-corrected chi connectivity index (χ0v) is 19.7. The van der Waals surface area contributed by atoms with Crippen LogP contribution in [0.2, 0.25) is 0 Å². The molecule has 0 bridgehead atoms. The number of ether oxygens (including phenoxy) is 4. The Hall–Kier alpha value is -2.10. The van der Waals surface area contributed by atoms with Crippen molar-refractivity contribution < 1.29 is 44.2 Å². The van der Waals surface area contributed by atoms with Crippen LogP contribution in [-0.4, -0.2) is 107 Å². The first-order valence-electron chi connectivity index (χ1n) is 10.3. The van der Waals surface area contributed by atoms with Gasteiger partial charge in [-0.25, -0.2) is 4.79 Å². The molecule has 34 heavy (non-hydrogen) atoms. The minimum Gasteiger partial charge on any atom is -0.479 e. The van der Waals surface area contributed by atoms with Gasteiger partial charge in [0.15, 0.2) is 17.5 Å². The van der Waals surface area contributed by atoms with Crippen LogP contribution >= 0.6 is 24.4 Å². The highest BCUT2D eigenvalue weighted by Gasteiger charge is 2.47. The van der Waals surface area contributed by atoms with Crippen molar-refractivity contribution in [1.29, 1.82) is 0 Å². The smallest absolute Gasteiger partial charge is 0.335 e. The topological polar surface area (TPSA) is 171 Å². The van der Waals surface area contributed by atoms with Gasteiger partial charge in [0, 0.05) is 12.2 Å². The summed E-state index contributed by atoms with van der Waals surface area (Å²) in [6.45, 7) is 1.55. The number of rotatable bonds is 13. The number of carboxylic acid groups (broad SMARTS) is 1. The number of carbonyl (C=O) groups is 1. The van der Waals surface area contributed by atoms with Crippen molar-refractivity contribution in [2.75, 3.05) is 44.9 Å². The van der Waals surface area contributed by atoms with E-state index in [-0.39, 0.29) is 19.8 Å². The number of thiocarbonyl (C=S) groups is 2. The van der Waals surface area contributed by atoms with Crippen LogP contribution in [0.4, 0.5) is 11.4 Å². The summed E-state index contributed by atoms with van der Waals surface area (Å²) >= 11 is 9.76. The molecule has 0 saturated carbocycles. The number of nitrogens with zero attached hydrogens (tertiary/aromatic N) is 1. The molecule has 1 aliphatic rings. The predicted molar refractivity (Wildman–Crippen MR) is 127 cm³/mol. The summed E-state index contributed by atoms with van der Waals surface area (Å²) in [5, 5.41) is 46.9. The van der Waals surface area contributed by atoms with Crippen molar-refractivity contribution >= 4 is 52.1 Å². The molecule has 1 aromatic rings. The monoisotopic (exact) mass is 517 g/mol. The van der Waals surface area contributed by atoms with E-state index < -0.39 is 36.7 Å². The van der Waals surface area contributed by atoms with Gasteiger partial charge in [0.25, 0.3) is 0 Å². The lowest BCUT2D eigenvalue weighted by Gasteiger charge is -2.38. The number of hydrogen-bond acceptors (Lipinski definition) is 11. The Balaban J connectivity index is 1.49. The van der Waals surface area contributed by atoms with E-state index in [0.717, 1.165) is 5.69 Å². The fraction of sp³-hybridized carbons (Fsp3) is 0.550. The third-order valence-electron chi connectivity index (χ3n) is 4.53. The Morgan fingerprint density at radius 3 is 2.32 bits per heavy atom. The number of carboxylic acids is 1. The zero-order valence-electron chi connectivity index (χ0n) is 18.0. The van der Waals surface area contributed by atoms with Crippen molar-refractivity contribution in [2.24, 2.45) is 4.99 Å². The molecule has 1 aromatic carbocycles. The zero-order chi connectivity index (χ0) is 24.9.